The van der Waals surface area contributed by atoms with Gasteiger partial charge in [0.15, 0.2) is 0 Å². The lowest BCUT2D eigenvalue weighted by Crippen LogP contribution is -2.29. The average Bonchev–Trinajstić information content (AvgIpc) is 2.90. The van der Waals surface area contributed by atoms with Crippen LogP contribution >= 0.6 is 0 Å². The molecule has 0 aliphatic carbocycles. The fraction of sp³-hybridized carbons (Fsp3) is 0.474. The smallest absolute Gasteiger partial charge is 0.325 e. The number of methoxy groups -OCH3 is 1. The van der Waals surface area contributed by atoms with Crippen LogP contribution in [0.2, 0.25) is 0 Å². The Morgan fingerprint density at radius 3 is 3.00 bits per heavy atom. The van der Waals surface area contributed by atoms with E-state index < -0.39 is 0 Å². The normalized spacial score (nSPS) is 15.1. The highest BCUT2D eigenvalue weighted by Gasteiger charge is 2.18. The molecule has 1 fully saturated rings. The van der Waals surface area contributed by atoms with Crippen molar-refractivity contribution in [2.24, 2.45) is 0 Å². The van der Waals surface area contributed by atoms with Crippen LogP contribution in [0.4, 0.5) is 11.5 Å². The molecule has 0 radical (unpaired) electrons. The van der Waals surface area contributed by atoms with E-state index in [9.17, 15) is 4.79 Å². The fourth-order valence-corrected chi connectivity index (χ4v) is 3.42. The van der Waals surface area contributed by atoms with E-state index in [0.717, 1.165) is 49.4 Å². The van der Waals surface area contributed by atoms with Gasteiger partial charge in [-0.05, 0) is 31.5 Å². The van der Waals surface area contributed by atoms with Crippen LogP contribution in [-0.4, -0.2) is 57.8 Å². The zero-order valence-electron chi connectivity index (χ0n) is 15.2. The van der Waals surface area contributed by atoms with Crippen molar-refractivity contribution in [3.8, 4) is 0 Å². The van der Waals surface area contributed by atoms with Crippen molar-refractivity contribution in [3.63, 3.8) is 0 Å². The highest BCUT2D eigenvalue weighted by atomic mass is 16.5. The first-order valence-corrected chi connectivity index (χ1v) is 8.73. The number of hydrogen-bond acceptors (Lipinski definition) is 6. The van der Waals surface area contributed by atoms with Crippen LogP contribution in [0.1, 0.15) is 12.0 Å². The number of benzene rings is 1. The number of ether oxygens (including phenoxy) is 1. The Bertz CT molecular complexity index is 754. The number of rotatable bonds is 4. The number of nitrogens with one attached hydrogen (secondary N) is 1. The Morgan fingerprint density at radius 2 is 2.20 bits per heavy atom. The molecule has 1 aliphatic rings. The first-order valence-electron chi connectivity index (χ1n) is 8.73. The first-order chi connectivity index (χ1) is 12.1. The lowest BCUT2D eigenvalue weighted by Gasteiger charge is -2.26. The van der Waals surface area contributed by atoms with Crippen molar-refractivity contribution >= 4 is 28.2 Å². The van der Waals surface area contributed by atoms with Crippen LogP contribution in [0.3, 0.4) is 0 Å². The van der Waals surface area contributed by atoms with E-state index >= 15 is 0 Å². The molecule has 6 heteroatoms. The van der Waals surface area contributed by atoms with Gasteiger partial charge in [0.25, 0.3) is 0 Å². The van der Waals surface area contributed by atoms with E-state index in [4.69, 9.17) is 4.74 Å². The molecule has 2 heterocycles. The third-order valence-electron chi connectivity index (χ3n) is 4.69. The summed E-state index contributed by atoms with van der Waals surface area (Å²) in [7, 11) is 3.28. The van der Waals surface area contributed by atoms with E-state index in [-0.39, 0.29) is 12.5 Å². The van der Waals surface area contributed by atoms with E-state index in [1.54, 1.807) is 0 Å². The summed E-state index contributed by atoms with van der Waals surface area (Å²) in [5.74, 6) is 0.536. The number of pyridine rings is 1. The molecular formula is C19H26N4O2. The van der Waals surface area contributed by atoms with Crippen molar-refractivity contribution in [2.45, 2.75) is 13.3 Å². The number of aryl methyl sites for hydroxylation is 1. The molecular weight excluding hydrogens is 316 g/mol. The summed E-state index contributed by atoms with van der Waals surface area (Å²) in [6.07, 6.45) is 3.03. The van der Waals surface area contributed by atoms with Gasteiger partial charge in [0, 0.05) is 49.3 Å². The number of nitrogens with zero attached hydrogens (tertiary/aromatic N) is 3. The summed E-state index contributed by atoms with van der Waals surface area (Å²) in [4.78, 5) is 20.5. The average molecular weight is 342 g/mol. The highest BCUT2D eigenvalue weighted by molar-refractivity contribution is 6.03. The largest absolute Gasteiger partial charge is 0.468 e. The molecule has 6 nitrogen and oxygen atoms in total. The van der Waals surface area contributed by atoms with Crippen molar-refractivity contribution in [1.29, 1.82) is 0 Å². The number of hydrogen-bond donors (Lipinski definition) is 1. The van der Waals surface area contributed by atoms with Crippen LogP contribution in [-0.2, 0) is 9.53 Å². The molecule has 0 saturated carbocycles. The Balaban J connectivity index is 2.05. The summed E-state index contributed by atoms with van der Waals surface area (Å²) in [6.45, 7) is 6.37. The minimum atomic E-state index is -0.271. The minimum Gasteiger partial charge on any atom is -0.468 e. The van der Waals surface area contributed by atoms with Crippen molar-refractivity contribution in [2.75, 3.05) is 56.7 Å². The second-order valence-corrected chi connectivity index (χ2v) is 6.49. The first kappa shape index (κ1) is 17.5. The van der Waals surface area contributed by atoms with Crippen molar-refractivity contribution in [1.82, 2.24) is 10.3 Å². The standard InChI is InChI=1S/C19H26N4O2/c1-14-12-21-19(22(2)13-17(24)25-3)15-6-4-7-16(18(14)15)23-10-5-8-20-9-11-23/h4,6-7,12,20H,5,8-11,13H2,1-3H3. The van der Waals surface area contributed by atoms with E-state index in [1.807, 2.05) is 18.1 Å². The number of likely N-dealkylation sites (N-methyl/N-ethyl adjacent to an activating group) is 1. The second-order valence-electron chi connectivity index (χ2n) is 6.49. The maximum atomic E-state index is 11.6. The Hall–Kier alpha value is -2.34. The molecule has 0 atom stereocenters. The van der Waals surface area contributed by atoms with Gasteiger partial charge in [-0.3, -0.25) is 4.79 Å². The molecule has 134 valence electrons. The SMILES string of the molecule is COC(=O)CN(C)c1ncc(C)c2c(N3CCCNCC3)cccc12. The van der Waals surface area contributed by atoms with Gasteiger partial charge in [-0.25, -0.2) is 4.98 Å². The lowest BCUT2D eigenvalue weighted by atomic mass is 10.0. The monoisotopic (exact) mass is 342 g/mol. The number of aromatic nitrogens is 1. The maximum Gasteiger partial charge on any atom is 0.325 e. The van der Waals surface area contributed by atoms with Gasteiger partial charge in [0.1, 0.15) is 12.4 Å². The van der Waals surface area contributed by atoms with Crippen LogP contribution in [0.15, 0.2) is 24.4 Å². The quantitative estimate of drug-likeness (QED) is 0.857. The zero-order chi connectivity index (χ0) is 17.8. The van der Waals surface area contributed by atoms with Crippen LogP contribution in [0.25, 0.3) is 10.8 Å². The number of carbonyl (C=O) groups is 1. The van der Waals surface area contributed by atoms with Gasteiger partial charge < -0.3 is 19.9 Å². The molecule has 3 rings (SSSR count). The van der Waals surface area contributed by atoms with Gasteiger partial charge in [-0.1, -0.05) is 12.1 Å². The molecule has 0 bridgehead atoms. The topological polar surface area (TPSA) is 57.7 Å². The third kappa shape index (κ3) is 3.69. The molecule has 25 heavy (non-hydrogen) atoms. The molecule has 0 unspecified atom stereocenters. The Labute approximate surface area is 148 Å². The molecule has 1 aliphatic heterocycles. The second kappa shape index (κ2) is 7.70. The number of carbonyl (C=O) groups excluding carboxylic acids is 1. The summed E-state index contributed by atoms with van der Waals surface area (Å²) in [5.41, 5.74) is 2.40. The van der Waals surface area contributed by atoms with Crippen LogP contribution in [0.5, 0.6) is 0 Å². The van der Waals surface area contributed by atoms with Crippen molar-refractivity contribution in [3.05, 3.63) is 30.0 Å². The molecule has 2 aromatic rings. The molecule has 1 aromatic heterocycles. The maximum absolute atomic E-state index is 11.6. The molecule has 0 amide bonds. The predicted molar refractivity (Wildman–Crippen MR) is 101 cm³/mol. The lowest BCUT2D eigenvalue weighted by molar-refractivity contribution is -0.138. The van der Waals surface area contributed by atoms with Gasteiger partial charge in [-0.2, -0.15) is 0 Å². The fourth-order valence-electron chi connectivity index (χ4n) is 3.42. The van der Waals surface area contributed by atoms with Gasteiger partial charge in [0.05, 0.1) is 7.11 Å². The summed E-state index contributed by atoms with van der Waals surface area (Å²) in [5, 5.41) is 5.74. The molecule has 1 N–H and O–H groups in total. The van der Waals surface area contributed by atoms with Gasteiger partial charge in [0.2, 0.25) is 0 Å². The molecule has 0 spiro atoms. The molecule has 1 aromatic carbocycles. The van der Waals surface area contributed by atoms with Gasteiger partial charge >= 0.3 is 5.97 Å². The Kier molecular flexibility index (Phi) is 5.38. The van der Waals surface area contributed by atoms with E-state index in [0.29, 0.717) is 0 Å². The summed E-state index contributed by atoms with van der Waals surface area (Å²) < 4.78 is 4.79. The third-order valence-corrected chi connectivity index (χ3v) is 4.69. The summed E-state index contributed by atoms with van der Waals surface area (Å²) >= 11 is 0. The highest BCUT2D eigenvalue weighted by Crippen LogP contribution is 2.34. The zero-order valence-corrected chi connectivity index (χ0v) is 15.2. The van der Waals surface area contributed by atoms with Crippen LogP contribution in [0, 0.1) is 6.92 Å². The summed E-state index contributed by atoms with van der Waals surface area (Å²) in [6, 6.07) is 6.34. The minimum absolute atomic E-state index is 0.180. The van der Waals surface area contributed by atoms with Gasteiger partial charge in [-0.15, -0.1) is 0 Å². The van der Waals surface area contributed by atoms with Crippen molar-refractivity contribution < 1.29 is 9.53 Å². The Morgan fingerprint density at radius 1 is 1.36 bits per heavy atom. The predicted octanol–water partition coefficient (Wildman–Crippen LogP) is 1.95. The van der Waals surface area contributed by atoms with E-state index in [1.165, 1.54) is 18.2 Å². The van der Waals surface area contributed by atoms with E-state index in [2.05, 4.69) is 40.3 Å². The van der Waals surface area contributed by atoms with Crippen LogP contribution < -0.4 is 15.1 Å². The number of esters is 1. The number of anilines is 2. The molecule has 1 saturated heterocycles. The number of fused-ring (bicyclic) bond motifs is 1.